The Kier molecular flexibility index (Phi) is 7.14. The number of carbonyl (C=O) groups excluding carboxylic acids is 1. The Labute approximate surface area is 210 Å². The Morgan fingerprint density at radius 1 is 1.14 bits per heavy atom. The first-order chi connectivity index (χ1) is 16.8. The van der Waals surface area contributed by atoms with Gasteiger partial charge < -0.3 is 9.64 Å². The molecule has 1 saturated heterocycles. The monoisotopic (exact) mass is 596 g/mol. The van der Waals surface area contributed by atoms with Crippen molar-refractivity contribution < 1.29 is 40.1 Å². The van der Waals surface area contributed by atoms with Crippen LogP contribution in [0.15, 0.2) is 52.1 Å². The topological polar surface area (TPSA) is 76.8 Å². The number of aliphatic imine (C=N–C) groups is 1. The van der Waals surface area contributed by atoms with Crippen LogP contribution in [0.1, 0.15) is 10.5 Å². The Hall–Kier alpha value is -2.94. The summed E-state index contributed by atoms with van der Waals surface area (Å²) in [5.41, 5.74) is -0.216. The maximum absolute atomic E-state index is 13.5. The highest BCUT2D eigenvalue weighted by atomic mass is 79.9. The second-order valence-electron chi connectivity index (χ2n) is 7.66. The summed E-state index contributed by atoms with van der Waals surface area (Å²) in [6.07, 6.45) is -5.82. The van der Waals surface area contributed by atoms with Crippen LogP contribution in [0.25, 0.3) is 17.0 Å². The lowest BCUT2D eigenvalue weighted by atomic mass is 10.1. The molecule has 192 valence electrons. The molecule has 1 aromatic heterocycles. The summed E-state index contributed by atoms with van der Waals surface area (Å²) in [7, 11) is -1.24. The molecule has 1 aromatic carbocycles. The number of nitrogens with zero attached hydrogens (tertiary/aromatic N) is 4. The molecule has 1 fully saturated rings. The molecule has 15 heteroatoms. The van der Waals surface area contributed by atoms with Crippen molar-refractivity contribution in [2.75, 3.05) is 18.2 Å². The second kappa shape index (κ2) is 9.84. The predicted molar refractivity (Wildman–Crippen MR) is 122 cm³/mol. The number of benzene rings is 1. The first-order valence-corrected chi connectivity index (χ1v) is 12.4. The standard InChI is InChI=1S/C21H15BrF6N4O3S/c22-14-5-12(6-16(8-14)35-21(26,27)28)18-9-17(19(33)31-3-4-36(34)11-31)30-32(18)15-1-2-29-10-13(7-15)20(23,24)25/h1-2,5-10,13H,3-4,11H2. The van der Waals surface area contributed by atoms with E-state index in [9.17, 15) is 35.3 Å². The number of amides is 1. The van der Waals surface area contributed by atoms with Crippen LogP contribution in [0.3, 0.4) is 0 Å². The van der Waals surface area contributed by atoms with Crippen LogP contribution in [0, 0.1) is 5.92 Å². The lowest BCUT2D eigenvalue weighted by Gasteiger charge is -2.15. The van der Waals surface area contributed by atoms with Crippen LogP contribution in [0.4, 0.5) is 26.3 Å². The number of hydrogen-bond donors (Lipinski definition) is 0. The summed E-state index contributed by atoms with van der Waals surface area (Å²) in [5, 5.41) is 4.18. The maximum atomic E-state index is 13.5. The fourth-order valence-corrected chi connectivity index (χ4v) is 5.11. The molecule has 0 N–H and O–H groups in total. The van der Waals surface area contributed by atoms with Crippen LogP contribution in [0.5, 0.6) is 5.75 Å². The number of aromatic nitrogens is 2. The SMILES string of the molecule is O=C(c1cc(-c2cc(Br)cc(OC(F)(F)F)c2)n(C2=CC(C(F)(F)F)C=NC=C2)n1)N1CCS(=O)C1. The normalized spacial score (nSPS) is 20.4. The third-order valence-electron chi connectivity index (χ3n) is 5.06. The quantitative estimate of drug-likeness (QED) is 0.466. The summed E-state index contributed by atoms with van der Waals surface area (Å²) in [5.74, 6) is -3.06. The molecule has 0 aliphatic carbocycles. The molecule has 36 heavy (non-hydrogen) atoms. The third kappa shape index (κ3) is 6.06. The fraction of sp³-hybridized carbons (Fsp3) is 0.286. The van der Waals surface area contributed by atoms with Gasteiger partial charge in [0.2, 0.25) is 0 Å². The summed E-state index contributed by atoms with van der Waals surface area (Å²) < 4.78 is 95.8. The first-order valence-electron chi connectivity index (χ1n) is 10.1. The number of hydrogen-bond acceptors (Lipinski definition) is 5. The predicted octanol–water partition coefficient (Wildman–Crippen LogP) is 4.99. The van der Waals surface area contributed by atoms with Crippen LogP contribution >= 0.6 is 15.9 Å². The van der Waals surface area contributed by atoms with Crippen LogP contribution < -0.4 is 4.74 Å². The van der Waals surface area contributed by atoms with Crippen LogP contribution in [-0.4, -0.2) is 61.7 Å². The first kappa shape index (κ1) is 26.1. The molecule has 0 spiro atoms. The number of carbonyl (C=O) groups is 1. The van der Waals surface area contributed by atoms with E-state index in [-0.39, 0.29) is 45.3 Å². The molecular weight excluding hydrogens is 582 g/mol. The Balaban J connectivity index is 1.85. The highest BCUT2D eigenvalue weighted by Gasteiger charge is 2.38. The van der Waals surface area contributed by atoms with Crippen LogP contribution in [0.2, 0.25) is 0 Å². The second-order valence-corrected chi connectivity index (χ2v) is 10.1. The van der Waals surface area contributed by atoms with Crippen molar-refractivity contribution in [1.29, 1.82) is 0 Å². The molecule has 1 amide bonds. The van der Waals surface area contributed by atoms with E-state index in [2.05, 4.69) is 30.8 Å². The minimum atomic E-state index is -4.99. The maximum Gasteiger partial charge on any atom is 0.573 e. The van der Waals surface area contributed by atoms with Gasteiger partial charge in [-0.15, -0.1) is 13.2 Å². The number of rotatable bonds is 4. The van der Waals surface area contributed by atoms with Gasteiger partial charge in [-0.1, -0.05) is 15.9 Å². The smallest absolute Gasteiger partial charge is 0.406 e. The van der Waals surface area contributed by atoms with Gasteiger partial charge >= 0.3 is 12.5 Å². The van der Waals surface area contributed by atoms with Crippen molar-refractivity contribution in [2.45, 2.75) is 12.5 Å². The van der Waals surface area contributed by atoms with Crippen molar-refractivity contribution in [2.24, 2.45) is 10.9 Å². The highest BCUT2D eigenvalue weighted by molar-refractivity contribution is 9.10. The average molecular weight is 597 g/mol. The van der Waals surface area contributed by atoms with Crippen LogP contribution in [-0.2, 0) is 10.8 Å². The van der Waals surface area contributed by atoms with Gasteiger partial charge in [-0.05, 0) is 36.4 Å². The minimum Gasteiger partial charge on any atom is -0.406 e. The number of halogens is 7. The van der Waals surface area contributed by atoms with E-state index < -0.39 is 40.9 Å². The van der Waals surface area contributed by atoms with Crippen molar-refractivity contribution in [1.82, 2.24) is 14.7 Å². The van der Waals surface area contributed by atoms with Gasteiger partial charge in [0.1, 0.15) is 11.7 Å². The van der Waals surface area contributed by atoms with Crippen molar-refractivity contribution in [3.05, 3.63) is 52.8 Å². The number of allylic oxidation sites excluding steroid dienone is 3. The van der Waals surface area contributed by atoms with Gasteiger partial charge in [0.15, 0.2) is 5.69 Å². The fourth-order valence-electron chi connectivity index (χ4n) is 3.49. The largest absolute Gasteiger partial charge is 0.573 e. The Morgan fingerprint density at radius 3 is 2.53 bits per heavy atom. The van der Waals surface area contributed by atoms with E-state index in [1.54, 1.807) is 0 Å². The van der Waals surface area contributed by atoms with E-state index >= 15 is 0 Å². The summed E-state index contributed by atoms with van der Waals surface area (Å²) >= 11 is 3.10. The summed E-state index contributed by atoms with van der Waals surface area (Å²) in [4.78, 5) is 17.9. The zero-order chi connectivity index (χ0) is 26.3. The van der Waals surface area contributed by atoms with E-state index in [1.807, 2.05) is 0 Å². The molecule has 3 heterocycles. The van der Waals surface area contributed by atoms with E-state index in [4.69, 9.17) is 0 Å². The van der Waals surface area contributed by atoms with Crippen molar-refractivity contribution in [3.8, 4) is 17.0 Å². The van der Waals surface area contributed by atoms with Gasteiger partial charge in [-0.3, -0.25) is 14.0 Å². The molecule has 0 bridgehead atoms. The number of alkyl halides is 6. The third-order valence-corrected chi connectivity index (χ3v) is 6.75. The highest BCUT2D eigenvalue weighted by Crippen LogP contribution is 2.35. The number of ether oxygens (including phenoxy) is 1. The molecule has 2 aliphatic rings. The molecular formula is C21H15BrF6N4O3S. The molecule has 2 atom stereocenters. The lowest BCUT2D eigenvalue weighted by molar-refractivity contribution is -0.274. The van der Waals surface area contributed by atoms with Gasteiger partial charge in [0, 0.05) is 45.5 Å². The average Bonchev–Trinajstić information content (AvgIpc) is 3.30. The minimum absolute atomic E-state index is 0.0192. The van der Waals surface area contributed by atoms with Crippen molar-refractivity contribution in [3.63, 3.8) is 0 Å². The summed E-state index contributed by atoms with van der Waals surface area (Å²) in [6, 6.07) is 4.71. The summed E-state index contributed by atoms with van der Waals surface area (Å²) in [6.45, 7) is 0.195. The zero-order valence-electron chi connectivity index (χ0n) is 17.9. The molecule has 0 saturated carbocycles. The van der Waals surface area contributed by atoms with E-state index in [0.29, 0.717) is 6.21 Å². The molecule has 2 unspecified atom stereocenters. The van der Waals surface area contributed by atoms with Gasteiger partial charge in [0.25, 0.3) is 5.91 Å². The molecule has 2 aromatic rings. The molecule has 4 rings (SSSR count). The van der Waals surface area contributed by atoms with Gasteiger partial charge in [-0.25, -0.2) is 4.68 Å². The van der Waals surface area contributed by atoms with Gasteiger partial charge in [-0.2, -0.15) is 18.3 Å². The lowest BCUT2D eigenvalue weighted by Crippen LogP contribution is -2.28. The van der Waals surface area contributed by atoms with E-state index in [1.165, 1.54) is 23.1 Å². The van der Waals surface area contributed by atoms with E-state index in [0.717, 1.165) is 29.1 Å². The zero-order valence-corrected chi connectivity index (χ0v) is 20.3. The molecule has 2 aliphatic heterocycles. The van der Waals surface area contributed by atoms with Crippen molar-refractivity contribution >= 4 is 44.5 Å². The Bertz CT molecular complexity index is 1300. The molecule has 0 radical (unpaired) electrons. The molecule has 7 nitrogen and oxygen atoms in total. The Morgan fingerprint density at radius 2 is 1.89 bits per heavy atom. The van der Waals surface area contributed by atoms with Gasteiger partial charge in [0.05, 0.1) is 17.3 Å².